The number of hydrogen-bond acceptors (Lipinski definition) is 5. The lowest BCUT2D eigenvalue weighted by atomic mass is 10.1. The number of aromatic nitrogens is 3. The summed E-state index contributed by atoms with van der Waals surface area (Å²) in [5, 5.41) is 7.24. The van der Waals surface area contributed by atoms with Crippen LogP contribution < -0.4 is 14.2 Å². The summed E-state index contributed by atoms with van der Waals surface area (Å²) >= 11 is 5.39. The molecule has 0 aliphatic heterocycles. The number of nitrogens with one attached hydrogen (secondary N) is 1. The molecule has 1 heterocycles. The van der Waals surface area contributed by atoms with Gasteiger partial charge in [0.25, 0.3) is 0 Å². The lowest BCUT2D eigenvalue weighted by Gasteiger charge is -2.16. The maximum absolute atomic E-state index is 5.56. The Balaban J connectivity index is 2.06. The minimum Gasteiger partial charge on any atom is -0.493 e. The van der Waals surface area contributed by atoms with Crippen LogP contribution in [0.2, 0.25) is 0 Å². The molecule has 0 atom stereocenters. The van der Waals surface area contributed by atoms with Gasteiger partial charge in [-0.25, -0.2) is 0 Å². The minimum absolute atomic E-state index is 0.519. The SMILES string of the molecule is COc1ccc(Cc2n[nH]c(=S)n2-c2ccccc2)c(OC)c1OC. The van der Waals surface area contributed by atoms with E-state index in [0.29, 0.717) is 28.4 Å². The molecule has 0 fully saturated rings. The zero-order chi connectivity index (χ0) is 17.8. The van der Waals surface area contributed by atoms with Crippen LogP contribution in [0.1, 0.15) is 11.4 Å². The number of aromatic amines is 1. The molecule has 1 N–H and O–H groups in total. The van der Waals surface area contributed by atoms with Crippen LogP contribution >= 0.6 is 12.2 Å². The van der Waals surface area contributed by atoms with Gasteiger partial charge in [-0.2, -0.15) is 5.10 Å². The summed E-state index contributed by atoms with van der Waals surface area (Å²) in [5.74, 6) is 2.57. The number of para-hydroxylation sites is 1. The van der Waals surface area contributed by atoms with Crippen molar-refractivity contribution in [1.29, 1.82) is 0 Å². The molecule has 0 aliphatic carbocycles. The number of rotatable bonds is 6. The van der Waals surface area contributed by atoms with Gasteiger partial charge in [0.2, 0.25) is 5.75 Å². The van der Waals surface area contributed by atoms with Gasteiger partial charge in [-0.15, -0.1) is 0 Å². The predicted octanol–water partition coefficient (Wildman–Crippen LogP) is 3.55. The molecule has 1 aromatic heterocycles. The third kappa shape index (κ3) is 3.23. The zero-order valence-electron chi connectivity index (χ0n) is 14.3. The van der Waals surface area contributed by atoms with Crippen LogP contribution in [0, 0.1) is 4.77 Å². The number of nitrogens with zero attached hydrogens (tertiary/aromatic N) is 2. The van der Waals surface area contributed by atoms with Crippen molar-refractivity contribution in [2.24, 2.45) is 0 Å². The van der Waals surface area contributed by atoms with Crippen LogP contribution in [0.4, 0.5) is 0 Å². The molecule has 2 aromatic carbocycles. The van der Waals surface area contributed by atoms with Gasteiger partial charge in [0.1, 0.15) is 5.82 Å². The van der Waals surface area contributed by atoms with Gasteiger partial charge in [-0.05, 0) is 30.4 Å². The van der Waals surface area contributed by atoms with Gasteiger partial charge < -0.3 is 14.2 Å². The largest absolute Gasteiger partial charge is 0.493 e. The molecule has 130 valence electrons. The van der Waals surface area contributed by atoms with Crippen molar-refractivity contribution in [2.75, 3.05) is 21.3 Å². The number of benzene rings is 2. The molecule has 0 bridgehead atoms. The summed E-state index contributed by atoms with van der Waals surface area (Å²) in [5.41, 5.74) is 1.88. The third-order valence-electron chi connectivity index (χ3n) is 3.89. The number of methoxy groups -OCH3 is 3. The van der Waals surface area contributed by atoms with E-state index in [0.717, 1.165) is 17.1 Å². The van der Waals surface area contributed by atoms with E-state index in [1.165, 1.54) is 0 Å². The quantitative estimate of drug-likeness (QED) is 0.684. The van der Waals surface area contributed by atoms with Gasteiger partial charge in [0.05, 0.1) is 21.3 Å². The fraction of sp³-hybridized carbons (Fsp3) is 0.222. The van der Waals surface area contributed by atoms with Gasteiger partial charge in [-0.1, -0.05) is 24.3 Å². The van der Waals surface area contributed by atoms with E-state index < -0.39 is 0 Å². The van der Waals surface area contributed by atoms with E-state index in [4.69, 9.17) is 26.4 Å². The molecule has 7 heteroatoms. The van der Waals surface area contributed by atoms with Crippen LogP contribution in [0.3, 0.4) is 0 Å². The second-order valence-electron chi connectivity index (χ2n) is 5.29. The van der Waals surface area contributed by atoms with Crippen LogP contribution in [0.25, 0.3) is 5.69 Å². The first-order valence-electron chi connectivity index (χ1n) is 7.69. The zero-order valence-corrected chi connectivity index (χ0v) is 15.1. The van der Waals surface area contributed by atoms with Crippen molar-refractivity contribution < 1.29 is 14.2 Å². The maximum Gasteiger partial charge on any atom is 0.203 e. The summed E-state index contributed by atoms with van der Waals surface area (Å²) in [6.45, 7) is 0. The van der Waals surface area contributed by atoms with Crippen LogP contribution in [-0.4, -0.2) is 36.1 Å². The van der Waals surface area contributed by atoms with Crippen LogP contribution in [0.5, 0.6) is 17.2 Å². The smallest absolute Gasteiger partial charge is 0.203 e. The molecular weight excluding hydrogens is 338 g/mol. The fourth-order valence-electron chi connectivity index (χ4n) is 2.76. The first kappa shape index (κ1) is 17.0. The molecule has 0 saturated heterocycles. The Bertz CT molecular complexity index is 919. The summed E-state index contributed by atoms with van der Waals surface area (Å²) in [6, 6.07) is 13.7. The highest BCUT2D eigenvalue weighted by Crippen LogP contribution is 2.40. The Morgan fingerprint density at radius 1 is 0.960 bits per heavy atom. The highest BCUT2D eigenvalue weighted by Gasteiger charge is 2.18. The Hall–Kier alpha value is -2.80. The predicted molar refractivity (Wildman–Crippen MR) is 97.7 cm³/mol. The number of hydrogen-bond donors (Lipinski definition) is 1. The van der Waals surface area contributed by atoms with Crippen molar-refractivity contribution in [3.63, 3.8) is 0 Å². The molecular formula is C18H19N3O3S. The first-order chi connectivity index (χ1) is 12.2. The molecule has 0 amide bonds. The van der Waals surface area contributed by atoms with Gasteiger partial charge in [0.15, 0.2) is 16.3 Å². The molecule has 0 aliphatic rings. The Morgan fingerprint density at radius 2 is 1.68 bits per heavy atom. The molecule has 0 unspecified atom stereocenters. The van der Waals surface area contributed by atoms with Crippen LogP contribution in [-0.2, 0) is 6.42 Å². The lowest BCUT2D eigenvalue weighted by molar-refractivity contribution is 0.322. The highest BCUT2D eigenvalue weighted by molar-refractivity contribution is 7.71. The Kier molecular flexibility index (Phi) is 5.04. The average molecular weight is 357 g/mol. The first-order valence-corrected chi connectivity index (χ1v) is 8.10. The normalized spacial score (nSPS) is 10.5. The summed E-state index contributed by atoms with van der Waals surface area (Å²) in [7, 11) is 4.79. The summed E-state index contributed by atoms with van der Waals surface area (Å²) < 4.78 is 18.8. The van der Waals surface area contributed by atoms with Crippen molar-refractivity contribution in [2.45, 2.75) is 6.42 Å². The molecule has 3 rings (SSSR count). The van der Waals surface area contributed by atoms with E-state index in [1.54, 1.807) is 21.3 Å². The third-order valence-corrected chi connectivity index (χ3v) is 4.16. The van der Waals surface area contributed by atoms with Gasteiger partial charge in [-0.3, -0.25) is 9.67 Å². The van der Waals surface area contributed by atoms with Crippen molar-refractivity contribution in [3.8, 4) is 22.9 Å². The molecule has 0 saturated carbocycles. The molecule has 0 radical (unpaired) electrons. The van der Waals surface area contributed by atoms with Crippen LogP contribution in [0.15, 0.2) is 42.5 Å². The molecule has 25 heavy (non-hydrogen) atoms. The highest BCUT2D eigenvalue weighted by atomic mass is 32.1. The second kappa shape index (κ2) is 7.40. The van der Waals surface area contributed by atoms with E-state index in [2.05, 4.69) is 10.2 Å². The summed E-state index contributed by atoms with van der Waals surface area (Å²) in [6.07, 6.45) is 0.519. The Morgan fingerprint density at radius 3 is 2.32 bits per heavy atom. The van der Waals surface area contributed by atoms with E-state index in [-0.39, 0.29) is 0 Å². The lowest BCUT2D eigenvalue weighted by Crippen LogP contribution is -2.05. The monoisotopic (exact) mass is 357 g/mol. The van der Waals surface area contributed by atoms with E-state index in [9.17, 15) is 0 Å². The fourth-order valence-corrected chi connectivity index (χ4v) is 3.02. The molecule has 3 aromatic rings. The van der Waals surface area contributed by atoms with Crippen molar-refractivity contribution >= 4 is 12.2 Å². The molecule has 6 nitrogen and oxygen atoms in total. The van der Waals surface area contributed by atoms with Crippen molar-refractivity contribution in [1.82, 2.24) is 14.8 Å². The van der Waals surface area contributed by atoms with E-state index in [1.807, 2.05) is 47.0 Å². The second-order valence-corrected chi connectivity index (χ2v) is 5.67. The summed E-state index contributed by atoms with van der Waals surface area (Å²) in [4.78, 5) is 0. The average Bonchev–Trinajstić information content (AvgIpc) is 3.02. The minimum atomic E-state index is 0.519. The van der Waals surface area contributed by atoms with Gasteiger partial charge in [0, 0.05) is 17.7 Å². The van der Waals surface area contributed by atoms with Crippen molar-refractivity contribution in [3.05, 3.63) is 58.6 Å². The van der Waals surface area contributed by atoms with E-state index >= 15 is 0 Å². The maximum atomic E-state index is 5.56. The molecule has 0 spiro atoms. The standard InChI is InChI=1S/C18H19N3O3S/c1-22-14-10-9-12(16(23-2)17(14)24-3)11-15-19-20-18(25)21(15)13-7-5-4-6-8-13/h4-10H,11H2,1-3H3,(H,20,25). The Labute approximate surface area is 151 Å². The van der Waals surface area contributed by atoms with Gasteiger partial charge >= 0.3 is 0 Å². The number of H-pyrrole nitrogens is 1. The number of ether oxygens (including phenoxy) is 3. The topological polar surface area (TPSA) is 61.3 Å².